The third-order valence-electron chi connectivity index (χ3n) is 0.638. The molecule has 0 N–H and O–H groups in total. The quantitative estimate of drug-likeness (QED) is 0.468. The zero-order chi connectivity index (χ0) is 4.83. The Bertz CT molecular complexity index is 29.3. The average molecular weight is 100 g/mol. The first kappa shape index (κ1) is 9.88. The monoisotopic (exact) mass is 100 g/mol. The van der Waals surface area contributed by atoms with Gasteiger partial charge in [-0.05, 0) is 12.8 Å². The van der Waals surface area contributed by atoms with E-state index in [4.69, 9.17) is 0 Å². The SMILES string of the molecule is C.CC/C=C/CC. The van der Waals surface area contributed by atoms with Crippen molar-refractivity contribution in [1.29, 1.82) is 0 Å². The van der Waals surface area contributed by atoms with Gasteiger partial charge in [0.15, 0.2) is 0 Å². The van der Waals surface area contributed by atoms with Crippen molar-refractivity contribution in [2.75, 3.05) is 0 Å². The molecular formula is C7H16. The van der Waals surface area contributed by atoms with E-state index in [0.29, 0.717) is 0 Å². The maximum atomic E-state index is 2.18. The minimum absolute atomic E-state index is 0. The van der Waals surface area contributed by atoms with E-state index in [1.54, 1.807) is 0 Å². The fourth-order valence-corrected chi connectivity index (χ4v) is 0.333. The molecule has 0 spiro atoms. The summed E-state index contributed by atoms with van der Waals surface area (Å²) in [6.07, 6.45) is 6.71. The van der Waals surface area contributed by atoms with E-state index in [1.807, 2.05) is 0 Å². The molecule has 0 aliphatic rings. The molecule has 0 atom stereocenters. The minimum atomic E-state index is 0. The lowest BCUT2D eigenvalue weighted by Gasteiger charge is -1.72. The van der Waals surface area contributed by atoms with Crippen LogP contribution in [0.3, 0.4) is 0 Å². The van der Waals surface area contributed by atoms with Gasteiger partial charge in [0.25, 0.3) is 0 Å². The lowest BCUT2D eigenvalue weighted by molar-refractivity contribution is 1.16. The van der Waals surface area contributed by atoms with Gasteiger partial charge in [0.05, 0.1) is 0 Å². The first-order chi connectivity index (χ1) is 2.91. The van der Waals surface area contributed by atoms with Crippen LogP contribution in [0.15, 0.2) is 12.2 Å². The van der Waals surface area contributed by atoms with Crippen LogP contribution in [0, 0.1) is 0 Å². The van der Waals surface area contributed by atoms with Crippen LogP contribution >= 0.6 is 0 Å². The highest BCUT2D eigenvalue weighted by Crippen LogP contribution is 1.81. The van der Waals surface area contributed by atoms with Crippen molar-refractivity contribution in [2.24, 2.45) is 0 Å². The molecule has 0 saturated heterocycles. The van der Waals surface area contributed by atoms with E-state index in [9.17, 15) is 0 Å². The molecular weight excluding hydrogens is 84.1 g/mol. The second-order valence-electron chi connectivity index (χ2n) is 1.29. The van der Waals surface area contributed by atoms with Gasteiger partial charge in [-0.25, -0.2) is 0 Å². The molecule has 0 saturated carbocycles. The third-order valence-corrected chi connectivity index (χ3v) is 0.638. The summed E-state index contributed by atoms with van der Waals surface area (Å²) in [5, 5.41) is 0. The topological polar surface area (TPSA) is 0 Å². The van der Waals surface area contributed by atoms with E-state index in [-0.39, 0.29) is 7.43 Å². The first-order valence-electron chi connectivity index (χ1n) is 2.56. The van der Waals surface area contributed by atoms with Gasteiger partial charge in [-0.1, -0.05) is 33.4 Å². The molecule has 7 heavy (non-hydrogen) atoms. The second-order valence-corrected chi connectivity index (χ2v) is 1.29. The maximum Gasteiger partial charge on any atom is -0.0379 e. The van der Waals surface area contributed by atoms with Crippen LogP contribution < -0.4 is 0 Å². The Labute approximate surface area is 47.2 Å². The summed E-state index contributed by atoms with van der Waals surface area (Å²) in [7, 11) is 0. The second kappa shape index (κ2) is 9.22. The standard InChI is InChI=1S/C6H12.CH4/c1-3-5-6-4-2;/h5-6H,3-4H2,1-2H3;1H4/b6-5+;. The number of hydrogen-bond acceptors (Lipinski definition) is 0. The van der Waals surface area contributed by atoms with E-state index in [1.165, 1.54) is 12.8 Å². The Balaban J connectivity index is 0. The molecule has 0 aliphatic heterocycles. The maximum absolute atomic E-state index is 2.18. The predicted octanol–water partition coefficient (Wildman–Crippen LogP) is 3.00. The molecule has 0 unspecified atom stereocenters. The summed E-state index contributed by atoms with van der Waals surface area (Å²) in [5.41, 5.74) is 0. The van der Waals surface area contributed by atoms with Crippen molar-refractivity contribution < 1.29 is 0 Å². The molecule has 44 valence electrons. The molecule has 0 radical (unpaired) electrons. The zero-order valence-corrected chi connectivity index (χ0v) is 4.57. The summed E-state index contributed by atoms with van der Waals surface area (Å²) in [6.45, 7) is 4.29. The smallest absolute Gasteiger partial charge is 0.0379 e. The Hall–Kier alpha value is -0.260. The fourth-order valence-electron chi connectivity index (χ4n) is 0.333. The summed E-state index contributed by atoms with van der Waals surface area (Å²) in [5.74, 6) is 0. The number of hydrogen-bond donors (Lipinski definition) is 0. The van der Waals surface area contributed by atoms with E-state index in [2.05, 4.69) is 26.0 Å². The molecule has 0 rings (SSSR count). The van der Waals surface area contributed by atoms with Crippen LogP contribution in [0.5, 0.6) is 0 Å². The number of rotatable bonds is 2. The number of allylic oxidation sites excluding steroid dienone is 2. The van der Waals surface area contributed by atoms with Crippen LogP contribution in [0.4, 0.5) is 0 Å². The van der Waals surface area contributed by atoms with Gasteiger partial charge >= 0.3 is 0 Å². The Morgan fingerprint density at radius 3 is 1.43 bits per heavy atom. The molecule has 0 fully saturated rings. The predicted molar refractivity (Wildman–Crippen MR) is 36.5 cm³/mol. The average Bonchev–Trinajstić information content (AvgIpc) is 1.61. The van der Waals surface area contributed by atoms with Crippen LogP contribution in [-0.2, 0) is 0 Å². The molecule has 0 bridgehead atoms. The molecule has 0 aromatic rings. The van der Waals surface area contributed by atoms with Gasteiger partial charge in [-0.3, -0.25) is 0 Å². The van der Waals surface area contributed by atoms with Crippen molar-refractivity contribution in [2.45, 2.75) is 34.1 Å². The van der Waals surface area contributed by atoms with Crippen molar-refractivity contribution >= 4 is 0 Å². The van der Waals surface area contributed by atoms with Gasteiger partial charge in [-0.15, -0.1) is 0 Å². The molecule has 0 aliphatic carbocycles. The highest BCUT2D eigenvalue weighted by atomic mass is 13.7. The Kier molecular flexibility index (Phi) is 13.0. The minimum Gasteiger partial charge on any atom is -0.0888 e. The van der Waals surface area contributed by atoms with E-state index >= 15 is 0 Å². The molecule has 0 aromatic heterocycles. The van der Waals surface area contributed by atoms with Gasteiger partial charge < -0.3 is 0 Å². The van der Waals surface area contributed by atoms with E-state index < -0.39 is 0 Å². The molecule has 0 nitrogen and oxygen atoms in total. The highest BCUT2D eigenvalue weighted by molar-refractivity contribution is 4.77. The normalized spacial score (nSPS) is 8.86. The van der Waals surface area contributed by atoms with Crippen molar-refractivity contribution in [3.63, 3.8) is 0 Å². The first-order valence-corrected chi connectivity index (χ1v) is 2.56. The summed E-state index contributed by atoms with van der Waals surface area (Å²) in [6, 6.07) is 0. The summed E-state index contributed by atoms with van der Waals surface area (Å²) in [4.78, 5) is 0. The lowest BCUT2D eigenvalue weighted by atomic mass is 10.4. The molecule has 0 amide bonds. The lowest BCUT2D eigenvalue weighted by Crippen LogP contribution is -1.51. The molecule has 0 heterocycles. The van der Waals surface area contributed by atoms with Crippen LogP contribution in [-0.4, -0.2) is 0 Å². The van der Waals surface area contributed by atoms with Crippen LogP contribution in [0.1, 0.15) is 34.1 Å². The zero-order valence-electron chi connectivity index (χ0n) is 4.57. The molecule has 0 aromatic carbocycles. The van der Waals surface area contributed by atoms with Gasteiger partial charge in [0.1, 0.15) is 0 Å². The summed E-state index contributed by atoms with van der Waals surface area (Å²) >= 11 is 0. The van der Waals surface area contributed by atoms with Gasteiger partial charge in [0, 0.05) is 0 Å². The third kappa shape index (κ3) is 10.7. The summed E-state index contributed by atoms with van der Waals surface area (Å²) < 4.78 is 0. The van der Waals surface area contributed by atoms with Gasteiger partial charge in [0.2, 0.25) is 0 Å². The molecule has 0 heteroatoms. The van der Waals surface area contributed by atoms with Crippen LogP contribution in [0.2, 0.25) is 0 Å². The fraction of sp³-hybridized carbons (Fsp3) is 0.714. The van der Waals surface area contributed by atoms with Crippen molar-refractivity contribution in [3.05, 3.63) is 12.2 Å². The van der Waals surface area contributed by atoms with Crippen molar-refractivity contribution in [3.8, 4) is 0 Å². The van der Waals surface area contributed by atoms with Crippen molar-refractivity contribution in [1.82, 2.24) is 0 Å². The van der Waals surface area contributed by atoms with Gasteiger partial charge in [-0.2, -0.15) is 0 Å². The Morgan fingerprint density at radius 2 is 1.29 bits per heavy atom. The van der Waals surface area contributed by atoms with E-state index in [0.717, 1.165) is 0 Å². The Morgan fingerprint density at radius 1 is 1.00 bits per heavy atom. The largest absolute Gasteiger partial charge is 0.0888 e. The van der Waals surface area contributed by atoms with Crippen LogP contribution in [0.25, 0.3) is 0 Å². The highest BCUT2D eigenvalue weighted by Gasteiger charge is 1.60.